The number of ether oxygens (including phenoxy) is 2. The Hall–Kier alpha value is -1.85. The number of hydrogen-bond donors (Lipinski definition) is 2. The van der Waals surface area contributed by atoms with Gasteiger partial charge >= 0.3 is 5.97 Å². The number of fused-ring (bicyclic) bond motifs is 3. The van der Waals surface area contributed by atoms with Crippen LogP contribution < -0.4 is 9.47 Å². The number of aryl methyl sites for hydroxylation is 1. The second-order valence-electron chi connectivity index (χ2n) is 9.61. The molecule has 0 saturated carbocycles. The van der Waals surface area contributed by atoms with Crippen LogP contribution in [0.4, 0.5) is 0 Å². The van der Waals surface area contributed by atoms with E-state index in [0.717, 1.165) is 55.4 Å². The summed E-state index contributed by atoms with van der Waals surface area (Å²) in [5, 5.41) is 19.0. The number of carbonyl (C=O) groups excluding carboxylic acids is 1. The lowest BCUT2D eigenvalue weighted by Gasteiger charge is -2.52. The molecule has 0 bridgehead atoms. The molecule has 30 heavy (non-hydrogen) atoms. The fourth-order valence-electron chi connectivity index (χ4n) is 5.34. The molecule has 3 rings (SSSR count). The highest BCUT2D eigenvalue weighted by Gasteiger charge is 2.52. The molecule has 1 heterocycles. The average Bonchev–Trinajstić information content (AvgIpc) is 2.65. The topological polar surface area (TPSA) is 76.0 Å². The van der Waals surface area contributed by atoms with Gasteiger partial charge in [0.05, 0.1) is 6.61 Å². The van der Waals surface area contributed by atoms with E-state index in [9.17, 15) is 15.0 Å². The Balaban J connectivity index is 2.14. The van der Waals surface area contributed by atoms with E-state index >= 15 is 0 Å². The highest BCUT2D eigenvalue weighted by Crippen LogP contribution is 2.57. The molecule has 1 aliphatic carbocycles. The van der Waals surface area contributed by atoms with E-state index < -0.39 is 18.7 Å². The van der Waals surface area contributed by atoms with Crippen LogP contribution in [0.5, 0.6) is 11.5 Å². The molecule has 0 amide bonds. The van der Waals surface area contributed by atoms with E-state index in [-0.39, 0.29) is 16.9 Å². The van der Waals surface area contributed by atoms with Gasteiger partial charge in [-0.15, -0.1) is 0 Å². The third-order valence-corrected chi connectivity index (χ3v) is 6.70. The Kier molecular flexibility index (Phi) is 6.63. The summed E-state index contributed by atoms with van der Waals surface area (Å²) in [6, 6.07) is 4.00. The van der Waals surface area contributed by atoms with E-state index in [1.54, 1.807) is 0 Å². The molecule has 0 spiro atoms. The molecule has 3 atom stereocenters. The molecule has 2 N–H and O–H groups in total. The molecule has 0 aromatic heterocycles. The normalized spacial score (nSPS) is 25.4. The zero-order chi connectivity index (χ0) is 22.1. The van der Waals surface area contributed by atoms with Crippen molar-refractivity contribution in [3.05, 3.63) is 34.9 Å². The maximum Gasteiger partial charge on any atom is 0.342 e. The van der Waals surface area contributed by atoms with Gasteiger partial charge in [-0.3, -0.25) is 0 Å². The van der Waals surface area contributed by atoms with Crippen LogP contribution in [0.3, 0.4) is 0 Å². The Morgan fingerprint density at radius 3 is 2.70 bits per heavy atom. The highest BCUT2D eigenvalue weighted by atomic mass is 16.6. The van der Waals surface area contributed by atoms with Crippen molar-refractivity contribution >= 4 is 5.97 Å². The van der Waals surface area contributed by atoms with Crippen molar-refractivity contribution < 1.29 is 24.5 Å². The molecular weight excluding hydrogens is 380 g/mol. The summed E-state index contributed by atoms with van der Waals surface area (Å²) in [6.45, 7) is 10.1. The Bertz CT molecular complexity index is 825. The molecular formula is C25H36O5. The lowest BCUT2D eigenvalue weighted by molar-refractivity contribution is -0.145. The zero-order valence-electron chi connectivity index (χ0n) is 19.0. The molecule has 166 valence electrons. The second-order valence-corrected chi connectivity index (χ2v) is 9.61. The van der Waals surface area contributed by atoms with Crippen LogP contribution >= 0.6 is 0 Å². The van der Waals surface area contributed by atoms with Gasteiger partial charge in [-0.25, -0.2) is 4.79 Å². The van der Waals surface area contributed by atoms with E-state index in [1.165, 1.54) is 5.57 Å². The molecule has 1 aromatic rings. The van der Waals surface area contributed by atoms with Crippen molar-refractivity contribution in [1.29, 1.82) is 0 Å². The van der Waals surface area contributed by atoms with Crippen LogP contribution in [0, 0.1) is 5.92 Å². The van der Waals surface area contributed by atoms with Crippen LogP contribution in [0.2, 0.25) is 0 Å². The van der Waals surface area contributed by atoms with Crippen molar-refractivity contribution in [2.24, 2.45) is 5.92 Å². The third-order valence-electron chi connectivity index (χ3n) is 6.70. The predicted molar refractivity (Wildman–Crippen MR) is 117 cm³/mol. The molecule has 5 nitrogen and oxygen atoms in total. The number of unbranched alkanes of at least 4 members (excludes halogenated alkanes) is 2. The summed E-state index contributed by atoms with van der Waals surface area (Å²) in [5.41, 5.74) is 2.53. The van der Waals surface area contributed by atoms with Gasteiger partial charge in [-0.1, -0.05) is 38.3 Å². The summed E-state index contributed by atoms with van der Waals surface area (Å²) < 4.78 is 12.2. The summed E-state index contributed by atoms with van der Waals surface area (Å²) >= 11 is 0. The Morgan fingerprint density at radius 1 is 1.30 bits per heavy atom. The van der Waals surface area contributed by atoms with E-state index in [0.29, 0.717) is 5.75 Å². The van der Waals surface area contributed by atoms with E-state index in [2.05, 4.69) is 46.8 Å². The SMILES string of the molecule is CCCCCc1cc(OC(=O)[C@@H](O)CO)c2c(c1)OC(C)(C)C1CCC(C)=CC21C. The van der Waals surface area contributed by atoms with Crippen LogP contribution in [0.15, 0.2) is 23.8 Å². The van der Waals surface area contributed by atoms with E-state index in [4.69, 9.17) is 9.47 Å². The molecule has 1 aromatic carbocycles. The van der Waals surface area contributed by atoms with Gasteiger partial charge in [0.15, 0.2) is 6.10 Å². The van der Waals surface area contributed by atoms with Gasteiger partial charge in [0.1, 0.15) is 17.1 Å². The van der Waals surface area contributed by atoms with Gasteiger partial charge < -0.3 is 19.7 Å². The average molecular weight is 417 g/mol. The Morgan fingerprint density at radius 2 is 2.03 bits per heavy atom. The first kappa shape index (κ1) is 22.8. The van der Waals surface area contributed by atoms with E-state index in [1.807, 2.05) is 6.07 Å². The van der Waals surface area contributed by atoms with Gasteiger partial charge in [0.25, 0.3) is 0 Å². The first-order chi connectivity index (χ1) is 14.1. The number of benzene rings is 1. The lowest BCUT2D eigenvalue weighted by atomic mass is 9.58. The minimum absolute atomic E-state index is 0.229. The number of aliphatic hydroxyl groups is 2. The summed E-state index contributed by atoms with van der Waals surface area (Å²) in [7, 11) is 0. The largest absolute Gasteiger partial charge is 0.487 e. The van der Waals surface area contributed by atoms with Crippen molar-refractivity contribution in [1.82, 2.24) is 0 Å². The van der Waals surface area contributed by atoms with Crippen molar-refractivity contribution in [2.75, 3.05) is 6.61 Å². The molecule has 0 radical (unpaired) electrons. The van der Waals surface area contributed by atoms with Crippen LogP contribution in [-0.2, 0) is 16.6 Å². The number of hydrogen-bond acceptors (Lipinski definition) is 5. The maximum absolute atomic E-state index is 12.4. The molecule has 1 aliphatic heterocycles. The molecule has 2 aliphatic rings. The fraction of sp³-hybridized carbons (Fsp3) is 0.640. The first-order valence-electron chi connectivity index (χ1n) is 11.2. The van der Waals surface area contributed by atoms with Gasteiger partial charge in [-0.2, -0.15) is 0 Å². The van der Waals surface area contributed by atoms with Gasteiger partial charge in [-0.05, 0) is 64.2 Å². The minimum atomic E-state index is -1.56. The molecule has 0 fully saturated rings. The second kappa shape index (κ2) is 8.72. The van der Waals surface area contributed by atoms with Crippen molar-refractivity contribution in [3.8, 4) is 11.5 Å². The van der Waals surface area contributed by atoms with Crippen molar-refractivity contribution in [3.63, 3.8) is 0 Å². The lowest BCUT2D eigenvalue weighted by Crippen LogP contribution is -2.53. The number of allylic oxidation sites excluding steroid dienone is 2. The number of carbonyl (C=O) groups is 1. The maximum atomic E-state index is 12.4. The Labute approximate surface area is 180 Å². The number of aliphatic hydroxyl groups excluding tert-OH is 2. The summed E-state index contributed by atoms with van der Waals surface area (Å²) in [5.74, 6) is 0.574. The van der Waals surface area contributed by atoms with Crippen LogP contribution in [-0.4, -0.2) is 34.5 Å². The summed E-state index contributed by atoms with van der Waals surface area (Å²) in [4.78, 5) is 12.4. The predicted octanol–water partition coefficient (Wildman–Crippen LogP) is 4.46. The van der Waals surface area contributed by atoms with Crippen molar-refractivity contribution in [2.45, 2.75) is 90.3 Å². The molecule has 0 saturated heterocycles. The zero-order valence-corrected chi connectivity index (χ0v) is 19.0. The summed E-state index contributed by atoms with van der Waals surface area (Å²) in [6.07, 6.45) is 6.92. The first-order valence-corrected chi connectivity index (χ1v) is 11.2. The monoisotopic (exact) mass is 416 g/mol. The smallest absolute Gasteiger partial charge is 0.342 e. The van der Waals surface area contributed by atoms with Gasteiger partial charge in [0.2, 0.25) is 0 Å². The molecule has 2 unspecified atom stereocenters. The number of rotatable bonds is 7. The highest BCUT2D eigenvalue weighted by molar-refractivity contribution is 5.78. The van der Waals surface area contributed by atoms with Crippen LogP contribution in [0.1, 0.15) is 77.8 Å². The van der Waals surface area contributed by atoms with Crippen LogP contribution in [0.25, 0.3) is 0 Å². The third kappa shape index (κ3) is 4.28. The quantitative estimate of drug-likeness (QED) is 0.297. The minimum Gasteiger partial charge on any atom is -0.487 e. The number of esters is 1. The van der Waals surface area contributed by atoms with Gasteiger partial charge in [0, 0.05) is 16.9 Å². The standard InChI is InChI=1S/C25H36O5/c1-6-7-8-9-17-12-19(29-23(28)18(27)15-26)22-20(13-17)30-24(3,4)21-11-10-16(2)14-25(21,22)5/h12-14,18,21,26-27H,6-11,15H2,1-5H3/t18-,21?,25?/m0/s1. The molecule has 5 heteroatoms. The fourth-order valence-corrected chi connectivity index (χ4v) is 5.34.